The molecule has 1 aromatic heterocycles. The van der Waals surface area contributed by atoms with Crippen molar-refractivity contribution < 1.29 is 9.21 Å². The molecule has 1 N–H and O–H groups in total. The fraction of sp³-hybridized carbons (Fsp3) is 0.615. The van der Waals surface area contributed by atoms with Gasteiger partial charge in [0.25, 0.3) is 5.91 Å². The highest BCUT2D eigenvalue weighted by atomic mass is 79.9. The Labute approximate surface area is 124 Å². The molecule has 100 valence electrons. The van der Waals surface area contributed by atoms with E-state index in [2.05, 4.69) is 37.2 Å². The highest BCUT2D eigenvalue weighted by Gasteiger charge is 2.31. The normalized spacial score (nSPS) is 18.6. The summed E-state index contributed by atoms with van der Waals surface area (Å²) in [5.74, 6) is 0.231. The Hall–Kier alpha value is -0.290. The maximum atomic E-state index is 11.9. The third-order valence-electron chi connectivity index (χ3n) is 3.62. The second-order valence-corrected chi connectivity index (χ2v) is 6.32. The molecule has 0 bridgehead atoms. The maximum Gasteiger partial charge on any atom is 0.287 e. The number of furan rings is 1. The molecule has 0 radical (unpaired) electrons. The summed E-state index contributed by atoms with van der Waals surface area (Å²) in [7, 11) is 0. The van der Waals surface area contributed by atoms with E-state index in [1.54, 1.807) is 12.1 Å². The molecule has 1 aliphatic rings. The van der Waals surface area contributed by atoms with E-state index in [-0.39, 0.29) is 11.3 Å². The average Bonchev–Trinajstić information content (AvgIpc) is 2.84. The third kappa shape index (κ3) is 3.38. The van der Waals surface area contributed by atoms with E-state index in [1.165, 1.54) is 32.1 Å². The summed E-state index contributed by atoms with van der Waals surface area (Å²) >= 11 is 6.79. The van der Waals surface area contributed by atoms with E-state index >= 15 is 0 Å². The number of nitrogens with one attached hydrogen (secondary N) is 1. The van der Waals surface area contributed by atoms with Crippen LogP contribution in [0.4, 0.5) is 0 Å². The SMILES string of the molecule is O=C(NCC1(CBr)CCCCC1)c1ccc(Br)o1. The zero-order chi connectivity index (χ0) is 13.0. The van der Waals surface area contributed by atoms with Crippen LogP contribution in [0.3, 0.4) is 0 Å². The quantitative estimate of drug-likeness (QED) is 0.800. The number of hydrogen-bond acceptors (Lipinski definition) is 2. The summed E-state index contributed by atoms with van der Waals surface area (Å²) < 4.78 is 5.83. The van der Waals surface area contributed by atoms with Crippen molar-refractivity contribution in [3.63, 3.8) is 0 Å². The Morgan fingerprint density at radius 1 is 1.33 bits per heavy atom. The van der Waals surface area contributed by atoms with Crippen molar-refractivity contribution in [2.24, 2.45) is 5.41 Å². The van der Waals surface area contributed by atoms with Crippen LogP contribution in [0.2, 0.25) is 0 Å². The molecular formula is C13H17Br2NO2. The van der Waals surface area contributed by atoms with Crippen LogP contribution in [0.5, 0.6) is 0 Å². The number of alkyl halides is 1. The Bertz CT molecular complexity index is 411. The van der Waals surface area contributed by atoms with Crippen LogP contribution in [-0.2, 0) is 0 Å². The average molecular weight is 379 g/mol. The maximum absolute atomic E-state index is 11.9. The van der Waals surface area contributed by atoms with Crippen LogP contribution < -0.4 is 5.32 Å². The molecule has 1 amide bonds. The fourth-order valence-electron chi connectivity index (χ4n) is 2.45. The Morgan fingerprint density at radius 3 is 2.61 bits per heavy atom. The van der Waals surface area contributed by atoms with E-state index in [1.807, 2.05) is 0 Å². The summed E-state index contributed by atoms with van der Waals surface area (Å²) in [6.07, 6.45) is 6.19. The van der Waals surface area contributed by atoms with Gasteiger partial charge in [0.1, 0.15) is 0 Å². The predicted molar refractivity (Wildman–Crippen MR) is 78.1 cm³/mol. The van der Waals surface area contributed by atoms with E-state index in [9.17, 15) is 4.79 Å². The minimum absolute atomic E-state index is 0.133. The molecule has 0 aliphatic heterocycles. The molecule has 18 heavy (non-hydrogen) atoms. The molecule has 1 heterocycles. The monoisotopic (exact) mass is 377 g/mol. The van der Waals surface area contributed by atoms with Crippen molar-refractivity contribution in [1.29, 1.82) is 0 Å². The summed E-state index contributed by atoms with van der Waals surface area (Å²) in [5, 5.41) is 3.94. The van der Waals surface area contributed by atoms with Crippen LogP contribution in [0.15, 0.2) is 21.2 Å². The van der Waals surface area contributed by atoms with Crippen LogP contribution in [0.1, 0.15) is 42.7 Å². The first-order chi connectivity index (χ1) is 8.65. The summed E-state index contributed by atoms with van der Waals surface area (Å²) in [6.45, 7) is 0.718. The van der Waals surface area contributed by atoms with Crippen molar-refractivity contribution in [3.05, 3.63) is 22.6 Å². The lowest BCUT2D eigenvalue weighted by Gasteiger charge is -2.35. The number of carbonyl (C=O) groups excluding carboxylic acids is 1. The first-order valence-corrected chi connectivity index (χ1v) is 8.16. The van der Waals surface area contributed by atoms with Gasteiger partial charge >= 0.3 is 0 Å². The zero-order valence-electron chi connectivity index (χ0n) is 10.2. The standard InChI is InChI=1S/C13H17Br2NO2/c14-8-13(6-2-1-3-7-13)9-16-12(17)10-4-5-11(15)18-10/h4-5H,1-3,6-9H2,(H,16,17). The van der Waals surface area contributed by atoms with Crippen LogP contribution in [0.25, 0.3) is 0 Å². The summed E-state index contributed by atoms with van der Waals surface area (Å²) in [4.78, 5) is 11.9. The molecule has 1 saturated carbocycles. The number of halogens is 2. The molecule has 1 aromatic rings. The Balaban J connectivity index is 1.91. The first-order valence-electron chi connectivity index (χ1n) is 6.25. The molecule has 2 rings (SSSR count). The number of rotatable bonds is 4. The van der Waals surface area contributed by atoms with Gasteiger partial charge in [-0.25, -0.2) is 0 Å². The van der Waals surface area contributed by atoms with Crippen molar-refractivity contribution >= 4 is 37.8 Å². The molecule has 0 aromatic carbocycles. The molecule has 5 heteroatoms. The Morgan fingerprint density at radius 2 is 2.06 bits per heavy atom. The molecule has 0 atom stereocenters. The van der Waals surface area contributed by atoms with Gasteiger partial charge in [-0.3, -0.25) is 4.79 Å². The molecular weight excluding hydrogens is 362 g/mol. The number of hydrogen-bond donors (Lipinski definition) is 1. The zero-order valence-corrected chi connectivity index (χ0v) is 13.3. The topological polar surface area (TPSA) is 42.2 Å². The lowest BCUT2D eigenvalue weighted by molar-refractivity contribution is 0.0893. The molecule has 1 fully saturated rings. The van der Waals surface area contributed by atoms with Gasteiger partial charge < -0.3 is 9.73 Å². The van der Waals surface area contributed by atoms with Crippen LogP contribution >= 0.6 is 31.9 Å². The van der Waals surface area contributed by atoms with Gasteiger partial charge in [0.15, 0.2) is 10.4 Å². The van der Waals surface area contributed by atoms with Gasteiger partial charge in [0.2, 0.25) is 0 Å². The van der Waals surface area contributed by atoms with Gasteiger partial charge in [-0.15, -0.1) is 0 Å². The van der Waals surface area contributed by atoms with Crippen molar-refractivity contribution in [3.8, 4) is 0 Å². The fourth-order valence-corrected chi connectivity index (χ4v) is 3.52. The van der Waals surface area contributed by atoms with Gasteiger partial charge in [-0.05, 0) is 46.3 Å². The van der Waals surface area contributed by atoms with Crippen molar-refractivity contribution in [2.75, 3.05) is 11.9 Å². The van der Waals surface area contributed by atoms with Gasteiger partial charge in [-0.2, -0.15) is 0 Å². The number of carbonyl (C=O) groups is 1. The molecule has 0 saturated heterocycles. The third-order valence-corrected chi connectivity index (χ3v) is 5.23. The van der Waals surface area contributed by atoms with Gasteiger partial charge in [-0.1, -0.05) is 35.2 Å². The highest BCUT2D eigenvalue weighted by molar-refractivity contribution is 9.10. The van der Waals surface area contributed by atoms with Gasteiger partial charge in [0, 0.05) is 11.9 Å². The highest BCUT2D eigenvalue weighted by Crippen LogP contribution is 2.37. The van der Waals surface area contributed by atoms with Crippen molar-refractivity contribution in [2.45, 2.75) is 32.1 Å². The lowest BCUT2D eigenvalue weighted by atomic mass is 9.75. The first kappa shape index (κ1) is 14.1. The molecule has 1 aliphatic carbocycles. The Kier molecular flexibility index (Phi) is 4.90. The second kappa shape index (κ2) is 6.24. The number of amides is 1. The van der Waals surface area contributed by atoms with E-state index in [4.69, 9.17) is 4.42 Å². The predicted octanol–water partition coefficient (Wildman–Crippen LogP) is 4.12. The lowest BCUT2D eigenvalue weighted by Crippen LogP contribution is -2.40. The van der Waals surface area contributed by atoms with Crippen LogP contribution in [-0.4, -0.2) is 17.8 Å². The summed E-state index contributed by atoms with van der Waals surface area (Å²) in [6, 6.07) is 3.41. The van der Waals surface area contributed by atoms with Crippen LogP contribution in [0, 0.1) is 5.41 Å². The van der Waals surface area contributed by atoms with Crippen molar-refractivity contribution in [1.82, 2.24) is 5.32 Å². The molecule has 0 spiro atoms. The van der Waals surface area contributed by atoms with E-state index in [0.717, 1.165) is 11.9 Å². The summed E-state index contributed by atoms with van der Waals surface area (Å²) in [5.41, 5.74) is 0.220. The van der Waals surface area contributed by atoms with E-state index < -0.39 is 0 Å². The molecule has 3 nitrogen and oxygen atoms in total. The minimum Gasteiger partial charge on any atom is -0.444 e. The largest absolute Gasteiger partial charge is 0.444 e. The second-order valence-electron chi connectivity index (χ2n) is 4.98. The minimum atomic E-state index is -0.133. The van der Waals surface area contributed by atoms with E-state index in [0.29, 0.717) is 10.4 Å². The smallest absolute Gasteiger partial charge is 0.287 e. The van der Waals surface area contributed by atoms with Gasteiger partial charge in [0.05, 0.1) is 0 Å². The molecule has 0 unspecified atom stereocenters.